The highest BCUT2D eigenvalue weighted by Crippen LogP contribution is 2.38. The lowest BCUT2D eigenvalue weighted by Crippen LogP contribution is -2.15. The second kappa shape index (κ2) is 6.50. The minimum atomic E-state index is -0.942. The van der Waals surface area contributed by atoms with Crippen molar-refractivity contribution < 1.29 is 14.8 Å². The Balaban J connectivity index is 3.39. The third-order valence-electron chi connectivity index (χ3n) is 2.48. The van der Waals surface area contributed by atoms with Crippen LogP contribution in [-0.4, -0.2) is 16.1 Å². The van der Waals surface area contributed by atoms with Crippen molar-refractivity contribution >= 4 is 21.6 Å². The van der Waals surface area contributed by atoms with Crippen molar-refractivity contribution in [3.05, 3.63) is 32.3 Å². The number of hydrogen-bond acceptors (Lipinski definition) is 5. The van der Waals surface area contributed by atoms with Crippen molar-refractivity contribution in [2.24, 2.45) is 0 Å². The highest BCUT2D eigenvalue weighted by molar-refractivity contribution is 9.10. The van der Waals surface area contributed by atoms with E-state index < -0.39 is 17.1 Å². The van der Waals surface area contributed by atoms with Crippen LogP contribution in [0.25, 0.3) is 0 Å². The molecule has 1 aromatic carbocycles. The Bertz CT molecular complexity index is 525. The molecule has 0 aliphatic heterocycles. The van der Waals surface area contributed by atoms with Gasteiger partial charge in [-0.15, -0.1) is 0 Å². The van der Waals surface area contributed by atoms with Crippen LogP contribution in [0.4, 0.5) is 5.69 Å². The van der Waals surface area contributed by atoms with Gasteiger partial charge in [-0.25, -0.2) is 0 Å². The normalized spacial score (nSPS) is 13.4. The van der Waals surface area contributed by atoms with E-state index in [0.29, 0.717) is 10.9 Å². The highest BCUT2D eigenvalue weighted by Gasteiger charge is 2.25. The summed E-state index contributed by atoms with van der Waals surface area (Å²) in [5, 5.41) is 29.6. The zero-order valence-electron chi connectivity index (χ0n) is 10.5. The van der Waals surface area contributed by atoms with Gasteiger partial charge in [0.25, 0.3) is 0 Å². The number of nitro benzene ring substituents is 1. The molecule has 0 heterocycles. The fourth-order valence-electron chi connectivity index (χ4n) is 1.52. The number of nitrogens with zero attached hydrogens (tertiary/aromatic N) is 2. The molecule has 0 saturated carbocycles. The van der Waals surface area contributed by atoms with Gasteiger partial charge in [-0.05, 0) is 19.4 Å². The van der Waals surface area contributed by atoms with Gasteiger partial charge in [0, 0.05) is 16.1 Å². The largest absolute Gasteiger partial charge is 0.468 e. The molecular weight excluding hydrogens is 316 g/mol. The predicted octanol–water partition coefficient (Wildman–Crippen LogP) is 3.09. The number of ether oxygens (including phenoxy) is 1. The first-order valence-corrected chi connectivity index (χ1v) is 6.42. The van der Waals surface area contributed by atoms with Gasteiger partial charge in [-0.2, -0.15) is 5.26 Å². The molecule has 0 saturated heterocycles. The van der Waals surface area contributed by atoms with E-state index in [1.807, 2.05) is 6.07 Å². The van der Waals surface area contributed by atoms with Gasteiger partial charge in [-0.1, -0.05) is 22.9 Å². The smallest absolute Gasteiger partial charge is 0.312 e. The summed E-state index contributed by atoms with van der Waals surface area (Å²) in [5.74, 6) is -0.0587. The summed E-state index contributed by atoms with van der Waals surface area (Å²) >= 11 is 3.15. The van der Waals surface area contributed by atoms with Crippen LogP contribution in [0.5, 0.6) is 5.75 Å². The number of aliphatic hydroxyl groups excluding tert-OH is 1. The maximum absolute atomic E-state index is 11.0. The summed E-state index contributed by atoms with van der Waals surface area (Å²) in [5.41, 5.74) is -0.00579. The average Bonchev–Trinajstić information content (AvgIpc) is 2.36. The molecule has 19 heavy (non-hydrogen) atoms. The summed E-state index contributed by atoms with van der Waals surface area (Å²) in [4.78, 5) is 10.4. The lowest BCUT2D eigenvalue weighted by atomic mass is 10.1. The Hall–Kier alpha value is -1.65. The zero-order chi connectivity index (χ0) is 14.6. The number of nitro groups is 1. The third-order valence-corrected chi connectivity index (χ3v) is 2.94. The second-order valence-electron chi connectivity index (χ2n) is 3.92. The van der Waals surface area contributed by atoms with Crippen LogP contribution in [0.2, 0.25) is 0 Å². The van der Waals surface area contributed by atoms with E-state index in [4.69, 9.17) is 10.00 Å². The molecule has 1 aromatic rings. The van der Waals surface area contributed by atoms with Crippen LogP contribution >= 0.6 is 15.9 Å². The van der Waals surface area contributed by atoms with Crippen molar-refractivity contribution in [3.8, 4) is 11.8 Å². The van der Waals surface area contributed by atoms with Gasteiger partial charge in [-0.3, -0.25) is 10.1 Å². The van der Waals surface area contributed by atoms with Crippen molar-refractivity contribution in [2.75, 3.05) is 0 Å². The molecule has 1 rings (SSSR count). The van der Waals surface area contributed by atoms with Crippen LogP contribution in [0.1, 0.15) is 31.9 Å². The maximum Gasteiger partial charge on any atom is 0.312 e. The lowest BCUT2D eigenvalue weighted by Gasteiger charge is -2.16. The SMILES string of the molecule is CCC(C#N)Oc1c([C@@H](C)O)cc(Br)cc1[N+](=O)[O-]. The molecule has 0 bridgehead atoms. The first-order valence-electron chi connectivity index (χ1n) is 5.62. The minimum Gasteiger partial charge on any atom is -0.468 e. The molecule has 0 amide bonds. The second-order valence-corrected chi connectivity index (χ2v) is 4.84. The molecule has 2 atom stereocenters. The van der Waals surface area contributed by atoms with Crippen molar-refractivity contribution in [1.29, 1.82) is 5.26 Å². The Morgan fingerprint density at radius 3 is 2.68 bits per heavy atom. The number of halogens is 1. The fraction of sp³-hybridized carbons (Fsp3) is 0.417. The maximum atomic E-state index is 11.0. The van der Waals surface area contributed by atoms with Gasteiger partial charge in [0.1, 0.15) is 6.07 Å². The molecule has 0 aliphatic carbocycles. The van der Waals surface area contributed by atoms with Crippen LogP contribution < -0.4 is 4.74 Å². The molecular formula is C12H13BrN2O4. The summed E-state index contributed by atoms with van der Waals surface area (Å²) in [6.45, 7) is 3.21. The standard InChI is InChI=1S/C12H13BrN2O4/c1-3-9(6-14)19-12-10(7(2)16)4-8(13)5-11(12)15(17)18/h4-5,7,9,16H,3H2,1-2H3/t7-,9?/m1/s1. The van der Waals surface area contributed by atoms with E-state index in [9.17, 15) is 15.2 Å². The molecule has 0 radical (unpaired) electrons. The molecule has 6 nitrogen and oxygen atoms in total. The summed E-state index contributed by atoms with van der Waals surface area (Å²) < 4.78 is 5.83. The Morgan fingerprint density at radius 2 is 2.26 bits per heavy atom. The van der Waals surface area contributed by atoms with Crippen molar-refractivity contribution in [2.45, 2.75) is 32.5 Å². The number of rotatable bonds is 5. The molecule has 0 fully saturated rings. The minimum absolute atomic E-state index is 0.0587. The summed E-state index contributed by atoms with van der Waals surface area (Å²) in [7, 11) is 0. The Kier molecular flexibility index (Phi) is 5.27. The Morgan fingerprint density at radius 1 is 1.63 bits per heavy atom. The molecule has 1 unspecified atom stereocenters. The monoisotopic (exact) mass is 328 g/mol. The molecule has 102 valence electrons. The van der Waals surface area contributed by atoms with E-state index in [0.717, 1.165) is 0 Å². The van der Waals surface area contributed by atoms with E-state index in [-0.39, 0.29) is 17.0 Å². The number of benzene rings is 1. The fourth-order valence-corrected chi connectivity index (χ4v) is 1.98. The van der Waals surface area contributed by atoms with Crippen molar-refractivity contribution in [3.63, 3.8) is 0 Å². The summed E-state index contributed by atoms with van der Waals surface area (Å²) in [6, 6.07) is 4.73. The van der Waals surface area contributed by atoms with Gasteiger partial charge in [0.05, 0.1) is 11.0 Å². The lowest BCUT2D eigenvalue weighted by molar-refractivity contribution is -0.386. The first-order chi connectivity index (χ1) is 8.90. The van der Waals surface area contributed by atoms with Crippen LogP contribution in [0.15, 0.2) is 16.6 Å². The highest BCUT2D eigenvalue weighted by atomic mass is 79.9. The van der Waals surface area contributed by atoms with E-state index in [2.05, 4.69) is 15.9 Å². The average molecular weight is 329 g/mol. The van der Waals surface area contributed by atoms with Gasteiger partial charge < -0.3 is 9.84 Å². The van der Waals surface area contributed by atoms with Gasteiger partial charge in [0.15, 0.2) is 6.10 Å². The van der Waals surface area contributed by atoms with Crippen LogP contribution in [-0.2, 0) is 0 Å². The van der Waals surface area contributed by atoms with Crippen LogP contribution in [0, 0.1) is 21.4 Å². The molecule has 0 aliphatic rings. The van der Waals surface area contributed by atoms with E-state index in [1.165, 1.54) is 19.1 Å². The third kappa shape index (κ3) is 3.66. The Labute approximate surface area is 118 Å². The number of aliphatic hydroxyl groups is 1. The van der Waals surface area contributed by atoms with Crippen molar-refractivity contribution in [1.82, 2.24) is 0 Å². The number of nitriles is 1. The predicted molar refractivity (Wildman–Crippen MR) is 71.8 cm³/mol. The van der Waals surface area contributed by atoms with Crippen LogP contribution in [0.3, 0.4) is 0 Å². The topological polar surface area (TPSA) is 96.4 Å². The molecule has 0 aromatic heterocycles. The van der Waals surface area contributed by atoms with E-state index in [1.54, 1.807) is 6.92 Å². The quantitative estimate of drug-likeness (QED) is 0.661. The molecule has 1 N–H and O–H groups in total. The molecule has 7 heteroatoms. The summed E-state index contributed by atoms with van der Waals surface area (Å²) in [6.07, 6.45) is -1.34. The zero-order valence-corrected chi connectivity index (χ0v) is 12.0. The van der Waals surface area contributed by atoms with E-state index >= 15 is 0 Å². The number of hydrogen-bond donors (Lipinski definition) is 1. The molecule has 0 spiro atoms. The first kappa shape index (κ1) is 15.4. The van der Waals surface area contributed by atoms with Gasteiger partial charge >= 0.3 is 5.69 Å². The van der Waals surface area contributed by atoms with Gasteiger partial charge in [0.2, 0.25) is 5.75 Å².